The average Bonchev–Trinajstić information content (AvgIpc) is 3.81. The van der Waals surface area contributed by atoms with Crippen LogP contribution in [0.4, 0.5) is 0 Å². The lowest BCUT2D eigenvalue weighted by Gasteiger charge is -2.23. The molecular weight excluding hydrogens is 869 g/mol. The molecule has 2 aromatic heterocycles. The number of hydrogen-bond acceptors (Lipinski definition) is 2. The molecule has 2 nitrogen and oxygen atoms in total. The van der Waals surface area contributed by atoms with E-state index in [2.05, 4.69) is 270 Å². The molecule has 0 aliphatic heterocycles. The molecule has 0 N–H and O–H groups in total. The van der Waals surface area contributed by atoms with Crippen molar-refractivity contribution in [2.45, 2.75) is 38.5 Å². The maximum Gasteiger partial charge on any atom is 0.0715 e. The lowest BCUT2D eigenvalue weighted by molar-refractivity contribution is 0.660. The standard InChI is InChI=1S/C70H52N2/c1-69(2)61-37-51(28-32-57(61)59-34-30-53(39-63(59)69)55-41-65(45-18-9-5-10-19-45)71-66(42-55)46-20-11-6-12-21-46)49-26-17-27-50(36-49)52-29-33-58-60-35-31-54(40-64(60)70(3,4)62(58)38-52)56-43-67(47-22-13-7-14-23-47)72-68(44-56)48-24-15-8-16-25-48/h5-44H,1-4H3. The van der Waals surface area contributed by atoms with E-state index in [1.165, 1.54) is 89.0 Å². The number of rotatable bonds is 8. The van der Waals surface area contributed by atoms with Crippen LogP contribution in [0.15, 0.2) is 243 Å². The van der Waals surface area contributed by atoms with Crippen molar-refractivity contribution in [2.75, 3.05) is 0 Å². The summed E-state index contributed by atoms with van der Waals surface area (Å²) >= 11 is 0. The number of hydrogen-bond donors (Lipinski definition) is 0. The molecule has 72 heavy (non-hydrogen) atoms. The van der Waals surface area contributed by atoms with Gasteiger partial charge in [0.1, 0.15) is 0 Å². The lowest BCUT2D eigenvalue weighted by Crippen LogP contribution is -2.15. The first kappa shape index (κ1) is 43.3. The fourth-order valence-electron chi connectivity index (χ4n) is 11.5. The van der Waals surface area contributed by atoms with Crippen molar-refractivity contribution in [3.63, 3.8) is 0 Å². The zero-order valence-electron chi connectivity index (χ0n) is 41.0. The Morgan fingerprint density at radius 2 is 0.444 bits per heavy atom. The molecule has 0 bridgehead atoms. The van der Waals surface area contributed by atoms with E-state index in [1.807, 2.05) is 0 Å². The Morgan fingerprint density at radius 3 is 0.722 bits per heavy atom. The zero-order valence-corrected chi connectivity index (χ0v) is 41.0. The largest absolute Gasteiger partial charge is 0.248 e. The summed E-state index contributed by atoms with van der Waals surface area (Å²) in [4.78, 5) is 10.3. The summed E-state index contributed by atoms with van der Waals surface area (Å²) in [6.07, 6.45) is 0. The predicted octanol–water partition coefficient (Wildman–Crippen LogP) is 18.4. The Bertz CT molecular complexity index is 3520. The second-order valence-corrected chi connectivity index (χ2v) is 20.6. The summed E-state index contributed by atoms with van der Waals surface area (Å²) in [5, 5.41) is 0. The van der Waals surface area contributed by atoms with Gasteiger partial charge >= 0.3 is 0 Å². The minimum Gasteiger partial charge on any atom is -0.248 e. The fourth-order valence-corrected chi connectivity index (χ4v) is 11.5. The van der Waals surface area contributed by atoms with Gasteiger partial charge in [0.2, 0.25) is 0 Å². The van der Waals surface area contributed by atoms with Gasteiger partial charge in [-0.25, -0.2) is 9.97 Å². The van der Waals surface area contributed by atoms with E-state index in [0.29, 0.717) is 0 Å². The molecule has 2 heteroatoms. The Labute approximate surface area is 423 Å². The summed E-state index contributed by atoms with van der Waals surface area (Å²) in [6, 6.07) is 88.4. The van der Waals surface area contributed by atoms with Crippen molar-refractivity contribution in [1.82, 2.24) is 9.97 Å². The van der Waals surface area contributed by atoms with Crippen LogP contribution in [0.2, 0.25) is 0 Å². The molecule has 0 fully saturated rings. The molecule has 2 aliphatic carbocycles. The maximum atomic E-state index is 5.16. The molecule has 13 rings (SSSR count). The molecular formula is C70H52N2. The fraction of sp³-hybridized carbons (Fsp3) is 0.0857. The maximum absolute atomic E-state index is 5.16. The van der Waals surface area contributed by atoms with Gasteiger partial charge in [0, 0.05) is 33.1 Å². The molecule has 11 aromatic rings. The molecule has 0 amide bonds. The molecule has 342 valence electrons. The first-order chi connectivity index (χ1) is 35.2. The SMILES string of the molecule is CC1(C)c2cc(-c3cccc(-c4ccc5c(c4)C(C)(C)c4cc(-c6cc(-c7ccccc7)nc(-c7ccccc7)c6)ccc4-5)c3)ccc2-c2ccc(-c3cc(-c4ccccc4)nc(-c4ccccc4)c3)cc21. The second kappa shape index (κ2) is 17.0. The third-order valence-electron chi connectivity index (χ3n) is 15.5. The van der Waals surface area contributed by atoms with Crippen molar-refractivity contribution in [3.05, 3.63) is 265 Å². The third kappa shape index (κ3) is 7.42. The van der Waals surface area contributed by atoms with Crippen LogP contribution < -0.4 is 0 Å². The van der Waals surface area contributed by atoms with Gasteiger partial charge in [-0.2, -0.15) is 0 Å². The van der Waals surface area contributed by atoms with Crippen molar-refractivity contribution < 1.29 is 0 Å². The van der Waals surface area contributed by atoms with Crippen LogP contribution in [0.3, 0.4) is 0 Å². The van der Waals surface area contributed by atoms with E-state index in [0.717, 1.165) is 45.0 Å². The van der Waals surface area contributed by atoms with E-state index < -0.39 is 0 Å². The van der Waals surface area contributed by atoms with Gasteiger partial charge in [0.25, 0.3) is 0 Å². The van der Waals surface area contributed by atoms with Crippen LogP contribution in [-0.2, 0) is 10.8 Å². The van der Waals surface area contributed by atoms with E-state index in [1.54, 1.807) is 0 Å². The summed E-state index contributed by atoms with van der Waals surface area (Å²) < 4.78 is 0. The van der Waals surface area contributed by atoms with Crippen molar-refractivity contribution in [1.29, 1.82) is 0 Å². The quantitative estimate of drug-likeness (QED) is 0.152. The summed E-state index contributed by atoms with van der Waals surface area (Å²) in [5.74, 6) is 0. The van der Waals surface area contributed by atoms with Crippen molar-refractivity contribution in [3.8, 4) is 112 Å². The molecule has 2 heterocycles. The number of nitrogens with zero attached hydrogens (tertiary/aromatic N) is 2. The molecule has 0 atom stereocenters. The van der Waals surface area contributed by atoms with Crippen LogP contribution in [-0.4, -0.2) is 9.97 Å². The topological polar surface area (TPSA) is 25.8 Å². The van der Waals surface area contributed by atoms with Crippen molar-refractivity contribution >= 4 is 0 Å². The van der Waals surface area contributed by atoms with Gasteiger partial charge < -0.3 is 0 Å². The van der Waals surface area contributed by atoms with Crippen LogP contribution in [0.1, 0.15) is 49.9 Å². The van der Waals surface area contributed by atoms with E-state index >= 15 is 0 Å². The lowest BCUT2D eigenvalue weighted by atomic mass is 9.80. The van der Waals surface area contributed by atoms with Gasteiger partial charge in [-0.1, -0.05) is 216 Å². The normalized spacial score (nSPS) is 13.5. The smallest absolute Gasteiger partial charge is 0.0715 e. The Kier molecular flexibility index (Phi) is 10.2. The van der Waals surface area contributed by atoms with Crippen molar-refractivity contribution in [2.24, 2.45) is 0 Å². The van der Waals surface area contributed by atoms with Crippen LogP contribution in [0.25, 0.3) is 112 Å². The summed E-state index contributed by atoms with van der Waals surface area (Å²) in [5.41, 5.74) is 28.2. The van der Waals surface area contributed by atoms with Gasteiger partial charge in [0.15, 0.2) is 0 Å². The highest BCUT2D eigenvalue weighted by Gasteiger charge is 2.37. The number of aromatic nitrogens is 2. The zero-order chi connectivity index (χ0) is 48.6. The van der Waals surface area contributed by atoms with Gasteiger partial charge in [0.05, 0.1) is 22.8 Å². The van der Waals surface area contributed by atoms with E-state index in [-0.39, 0.29) is 10.8 Å². The first-order valence-corrected chi connectivity index (χ1v) is 25.1. The molecule has 0 radical (unpaired) electrons. The Balaban J connectivity index is 0.808. The predicted molar refractivity (Wildman–Crippen MR) is 301 cm³/mol. The summed E-state index contributed by atoms with van der Waals surface area (Å²) in [6.45, 7) is 9.53. The first-order valence-electron chi connectivity index (χ1n) is 25.1. The molecule has 0 saturated carbocycles. The molecule has 0 spiro atoms. The van der Waals surface area contributed by atoms with Gasteiger partial charge in [-0.3, -0.25) is 0 Å². The monoisotopic (exact) mass is 920 g/mol. The highest BCUT2D eigenvalue weighted by molar-refractivity contribution is 5.90. The third-order valence-corrected chi connectivity index (χ3v) is 15.5. The van der Waals surface area contributed by atoms with Crippen LogP contribution in [0.5, 0.6) is 0 Å². The molecule has 0 unspecified atom stereocenters. The Hall–Kier alpha value is -8.72. The molecule has 9 aromatic carbocycles. The van der Waals surface area contributed by atoms with Gasteiger partial charge in [-0.05, 0) is 144 Å². The van der Waals surface area contributed by atoms with Gasteiger partial charge in [-0.15, -0.1) is 0 Å². The second-order valence-electron chi connectivity index (χ2n) is 20.6. The molecule has 2 aliphatic rings. The van der Waals surface area contributed by atoms with Crippen LogP contribution >= 0.6 is 0 Å². The number of fused-ring (bicyclic) bond motifs is 6. The number of pyridine rings is 2. The minimum absolute atomic E-state index is 0.196. The highest BCUT2D eigenvalue weighted by atomic mass is 14.7. The Morgan fingerprint density at radius 1 is 0.208 bits per heavy atom. The minimum atomic E-state index is -0.196. The number of benzene rings is 9. The molecule has 0 saturated heterocycles. The van der Waals surface area contributed by atoms with E-state index in [4.69, 9.17) is 9.97 Å². The summed E-state index contributed by atoms with van der Waals surface area (Å²) in [7, 11) is 0. The van der Waals surface area contributed by atoms with E-state index in [9.17, 15) is 0 Å². The van der Waals surface area contributed by atoms with Crippen LogP contribution in [0, 0.1) is 0 Å². The average molecular weight is 921 g/mol. The highest BCUT2D eigenvalue weighted by Crippen LogP contribution is 2.53.